The van der Waals surface area contributed by atoms with Gasteiger partial charge in [-0.05, 0) is 42.5 Å². The molecule has 8 nitrogen and oxygen atoms in total. The van der Waals surface area contributed by atoms with Crippen LogP contribution in [0.5, 0.6) is 5.75 Å². The molecule has 1 saturated heterocycles. The number of carbonyl (C=O) groups is 2. The summed E-state index contributed by atoms with van der Waals surface area (Å²) in [6.45, 7) is 0.302. The van der Waals surface area contributed by atoms with Crippen molar-refractivity contribution in [2.45, 2.75) is 6.42 Å². The van der Waals surface area contributed by atoms with E-state index in [2.05, 4.69) is 15.4 Å². The third-order valence-corrected chi connectivity index (χ3v) is 5.00. The summed E-state index contributed by atoms with van der Waals surface area (Å²) in [5.41, 5.74) is 1.87. The third kappa shape index (κ3) is 3.93. The molecule has 4 rings (SSSR count). The van der Waals surface area contributed by atoms with Gasteiger partial charge in [0, 0.05) is 23.7 Å². The fourth-order valence-corrected chi connectivity index (χ4v) is 3.44. The molecule has 3 aromatic rings. The zero-order valence-electron chi connectivity index (χ0n) is 15.6. The van der Waals surface area contributed by atoms with Gasteiger partial charge in [0.1, 0.15) is 18.4 Å². The number of anilines is 2. The van der Waals surface area contributed by atoms with E-state index in [9.17, 15) is 9.59 Å². The molecule has 2 aromatic carbocycles. The summed E-state index contributed by atoms with van der Waals surface area (Å²) >= 11 is 6.10. The molecular weight excluding hydrogens is 394 g/mol. The van der Waals surface area contributed by atoms with Crippen molar-refractivity contribution < 1.29 is 14.3 Å². The van der Waals surface area contributed by atoms with Crippen LogP contribution in [0.15, 0.2) is 55.1 Å². The fourth-order valence-electron chi connectivity index (χ4n) is 3.27. The minimum atomic E-state index is -0.479. The Balaban J connectivity index is 1.51. The molecule has 2 amide bonds. The van der Waals surface area contributed by atoms with Gasteiger partial charge in [0.2, 0.25) is 11.8 Å². The highest BCUT2D eigenvalue weighted by molar-refractivity contribution is 6.31. The summed E-state index contributed by atoms with van der Waals surface area (Å²) in [7, 11) is 1.58. The lowest BCUT2D eigenvalue weighted by molar-refractivity contribution is -0.122. The molecule has 0 bridgehead atoms. The van der Waals surface area contributed by atoms with Crippen molar-refractivity contribution >= 4 is 34.8 Å². The first-order valence-corrected chi connectivity index (χ1v) is 9.33. The van der Waals surface area contributed by atoms with Crippen LogP contribution in [-0.2, 0) is 9.59 Å². The van der Waals surface area contributed by atoms with Crippen molar-refractivity contribution in [3.8, 4) is 11.4 Å². The summed E-state index contributed by atoms with van der Waals surface area (Å²) in [5, 5.41) is 7.46. The number of hydrogen-bond donors (Lipinski definition) is 1. The zero-order valence-corrected chi connectivity index (χ0v) is 16.3. The maximum atomic E-state index is 12.9. The lowest BCUT2D eigenvalue weighted by Gasteiger charge is -2.17. The maximum absolute atomic E-state index is 12.9. The lowest BCUT2D eigenvalue weighted by atomic mass is 10.1. The van der Waals surface area contributed by atoms with Crippen LogP contribution in [0.3, 0.4) is 0 Å². The Bertz CT molecular complexity index is 1040. The highest BCUT2D eigenvalue weighted by atomic mass is 35.5. The summed E-state index contributed by atoms with van der Waals surface area (Å²) in [6.07, 6.45) is 3.07. The van der Waals surface area contributed by atoms with Gasteiger partial charge in [0.05, 0.1) is 24.4 Å². The van der Waals surface area contributed by atoms with Gasteiger partial charge in [-0.15, -0.1) is 0 Å². The first kappa shape index (κ1) is 18.9. The Morgan fingerprint density at radius 2 is 2.03 bits per heavy atom. The number of methoxy groups -OCH3 is 1. The number of aromatic nitrogens is 3. The molecule has 1 aliphatic heterocycles. The number of nitrogens with one attached hydrogen (secondary N) is 1. The molecule has 1 fully saturated rings. The molecule has 0 spiro atoms. The van der Waals surface area contributed by atoms with E-state index in [-0.39, 0.29) is 18.2 Å². The number of amides is 2. The monoisotopic (exact) mass is 411 g/mol. The minimum Gasteiger partial charge on any atom is -0.497 e. The van der Waals surface area contributed by atoms with Crippen LogP contribution >= 0.6 is 11.6 Å². The number of halogens is 1. The van der Waals surface area contributed by atoms with Gasteiger partial charge in [-0.25, -0.2) is 9.67 Å². The van der Waals surface area contributed by atoms with E-state index < -0.39 is 5.92 Å². The Hall–Kier alpha value is -3.39. The minimum absolute atomic E-state index is 0.0992. The smallest absolute Gasteiger partial charge is 0.229 e. The molecule has 1 atom stereocenters. The fraction of sp³-hybridized carbons (Fsp3) is 0.200. The molecule has 29 heavy (non-hydrogen) atoms. The predicted octanol–water partition coefficient (Wildman–Crippen LogP) is 2.92. The van der Waals surface area contributed by atoms with Gasteiger partial charge in [-0.1, -0.05) is 11.6 Å². The number of hydrogen-bond acceptors (Lipinski definition) is 5. The molecule has 9 heteroatoms. The average molecular weight is 412 g/mol. The predicted molar refractivity (Wildman–Crippen MR) is 108 cm³/mol. The Morgan fingerprint density at radius 3 is 2.72 bits per heavy atom. The molecule has 0 saturated carbocycles. The second-order valence-corrected chi connectivity index (χ2v) is 7.03. The second kappa shape index (κ2) is 7.92. The first-order chi connectivity index (χ1) is 14.0. The van der Waals surface area contributed by atoms with Crippen LogP contribution < -0.4 is 15.0 Å². The molecule has 1 unspecified atom stereocenters. The Kier molecular flexibility index (Phi) is 5.18. The van der Waals surface area contributed by atoms with Crippen LogP contribution in [0, 0.1) is 5.92 Å². The first-order valence-electron chi connectivity index (χ1n) is 8.95. The summed E-state index contributed by atoms with van der Waals surface area (Å²) in [4.78, 5) is 30.9. The van der Waals surface area contributed by atoms with Crippen molar-refractivity contribution in [3.63, 3.8) is 0 Å². The van der Waals surface area contributed by atoms with Gasteiger partial charge in [0.25, 0.3) is 0 Å². The second-order valence-electron chi connectivity index (χ2n) is 6.59. The normalized spacial score (nSPS) is 16.1. The van der Waals surface area contributed by atoms with E-state index in [1.54, 1.807) is 54.5 Å². The van der Waals surface area contributed by atoms with E-state index in [1.165, 1.54) is 17.3 Å². The van der Waals surface area contributed by atoms with Crippen molar-refractivity contribution in [2.75, 3.05) is 23.9 Å². The van der Waals surface area contributed by atoms with E-state index in [0.717, 1.165) is 5.69 Å². The number of carbonyl (C=O) groups excluding carboxylic acids is 2. The zero-order chi connectivity index (χ0) is 20.4. The van der Waals surface area contributed by atoms with E-state index in [4.69, 9.17) is 16.3 Å². The van der Waals surface area contributed by atoms with Crippen LogP contribution in [0.25, 0.3) is 5.69 Å². The largest absolute Gasteiger partial charge is 0.497 e. The highest BCUT2D eigenvalue weighted by Gasteiger charge is 2.35. The van der Waals surface area contributed by atoms with Gasteiger partial charge in [0.15, 0.2) is 0 Å². The van der Waals surface area contributed by atoms with Crippen molar-refractivity contribution in [2.24, 2.45) is 5.92 Å². The summed E-state index contributed by atoms with van der Waals surface area (Å²) < 4.78 is 6.68. The standard InChI is InChI=1S/C20H18ClN5O3/c1-29-16-5-3-15(4-6-16)25-10-13(8-19(25)27)20(28)24-17-9-14(21)2-7-18(17)26-12-22-11-23-26/h2-7,9,11-13H,8,10H2,1H3,(H,24,28). The van der Waals surface area contributed by atoms with E-state index >= 15 is 0 Å². The SMILES string of the molecule is COc1ccc(N2CC(C(=O)Nc3cc(Cl)ccc3-n3cncn3)CC2=O)cc1. The van der Waals surface area contributed by atoms with Crippen molar-refractivity contribution in [1.82, 2.24) is 14.8 Å². The topological polar surface area (TPSA) is 89.3 Å². The van der Waals surface area contributed by atoms with Gasteiger partial charge >= 0.3 is 0 Å². The number of ether oxygens (including phenoxy) is 1. The van der Waals surface area contributed by atoms with Crippen molar-refractivity contribution in [3.05, 3.63) is 60.1 Å². The molecule has 0 radical (unpaired) electrons. The van der Waals surface area contributed by atoms with Gasteiger partial charge in [-0.2, -0.15) is 5.10 Å². The quantitative estimate of drug-likeness (QED) is 0.697. The Labute approximate surface area is 172 Å². The van der Waals surface area contributed by atoms with Crippen molar-refractivity contribution in [1.29, 1.82) is 0 Å². The lowest BCUT2D eigenvalue weighted by Crippen LogP contribution is -2.28. The highest BCUT2D eigenvalue weighted by Crippen LogP contribution is 2.29. The van der Waals surface area contributed by atoms with E-state index in [0.29, 0.717) is 28.7 Å². The average Bonchev–Trinajstić information content (AvgIpc) is 3.38. The molecule has 2 heterocycles. The number of rotatable bonds is 5. The molecular formula is C20H18ClN5O3. The summed E-state index contributed by atoms with van der Waals surface area (Å²) in [5.74, 6) is -0.126. The molecule has 0 aliphatic carbocycles. The van der Waals surface area contributed by atoms with Crippen LogP contribution in [0.1, 0.15) is 6.42 Å². The van der Waals surface area contributed by atoms with Crippen LogP contribution in [0.4, 0.5) is 11.4 Å². The number of benzene rings is 2. The molecule has 1 aliphatic rings. The van der Waals surface area contributed by atoms with Crippen LogP contribution in [-0.4, -0.2) is 40.2 Å². The third-order valence-electron chi connectivity index (χ3n) is 4.76. The van der Waals surface area contributed by atoms with Gasteiger partial charge < -0.3 is 15.0 Å². The Morgan fingerprint density at radius 1 is 1.24 bits per heavy atom. The maximum Gasteiger partial charge on any atom is 0.229 e. The van der Waals surface area contributed by atoms with Gasteiger partial charge in [-0.3, -0.25) is 9.59 Å². The molecule has 148 valence electrons. The molecule has 1 N–H and O–H groups in total. The number of nitrogens with zero attached hydrogens (tertiary/aromatic N) is 4. The molecule has 1 aromatic heterocycles. The van der Waals surface area contributed by atoms with Crippen LogP contribution in [0.2, 0.25) is 5.02 Å². The summed E-state index contributed by atoms with van der Waals surface area (Å²) in [6, 6.07) is 12.3. The van der Waals surface area contributed by atoms with E-state index in [1.807, 2.05) is 0 Å².